The maximum absolute atomic E-state index is 13.6. The van der Waals surface area contributed by atoms with Gasteiger partial charge in [-0.3, -0.25) is 4.98 Å². The van der Waals surface area contributed by atoms with Crippen molar-refractivity contribution in [1.29, 1.82) is 0 Å². The Morgan fingerprint density at radius 3 is 2.55 bits per heavy atom. The molecule has 8 nitrogen and oxygen atoms in total. The van der Waals surface area contributed by atoms with E-state index in [4.69, 9.17) is 4.74 Å². The van der Waals surface area contributed by atoms with Gasteiger partial charge in [-0.05, 0) is 76.9 Å². The maximum atomic E-state index is 13.6. The first-order valence-corrected chi connectivity index (χ1v) is 13.6. The zero-order valence-electron chi connectivity index (χ0n) is 22.8. The first-order chi connectivity index (χ1) is 20.3. The van der Waals surface area contributed by atoms with Crippen molar-refractivity contribution in [2.24, 2.45) is 0 Å². The summed E-state index contributed by atoms with van der Waals surface area (Å²) in [7, 11) is 0. The van der Waals surface area contributed by atoms with Crippen LogP contribution in [-0.2, 0) is 19.1 Å². The highest BCUT2D eigenvalue weighted by molar-refractivity contribution is 5.89. The first-order valence-electron chi connectivity index (χ1n) is 13.6. The average Bonchev–Trinajstić information content (AvgIpc) is 3.01. The van der Waals surface area contributed by atoms with Crippen LogP contribution in [-0.4, -0.2) is 48.8 Å². The van der Waals surface area contributed by atoms with E-state index in [1.54, 1.807) is 55.0 Å². The number of nitrogens with zero attached hydrogens (tertiary/aromatic N) is 3. The van der Waals surface area contributed by atoms with Gasteiger partial charge in [-0.15, -0.1) is 0 Å². The highest BCUT2D eigenvalue weighted by Gasteiger charge is 2.31. The Kier molecular flexibility index (Phi) is 9.18. The molecule has 218 valence electrons. The summed E-state index contributed by atoms with van der Waals surface area (Å²) in [5, 5.41) is 8.82. The van der Waals surface area contributed by atoms with E-state index in [0.29, 0.717) is 35.5 Å². The molecule has 2 aromatic heterocycles. The van der Waals surface area contributed by atoms with Crippen molar-refractivity contribution in [3.8, 4) is 16.9 Å². The van der Waals surface area contributed by atoms with E-state index < -0.39 is 11.7 Å². The normalized spacial score (nSPS) is 13.5. The molecule has 1 aliphatic heterocycles. The minimum absolute atomic E-state index is 0.256. The number of benzene rings is 2. The monoisotopic (exact) mass is 576 g/mol. The van der Waals surface area contributed by atoms with Crippen molar-refractivity contribution >= 4 is 17.5 Å². The Hall–Kier alpha value is -4.64. The van der Waals surface area contributed by atoms with Gasteiger partial charge in [-0.25, -0.2) is 9.78 Å². The number of alkyl halides is 3. The molecule has 3 heterocycles. The first kappa shape index (κ1) is 28.9. The Morgan fingerprint density at radius 1 is 1.00 bits per heavy atom. The van der Waals surface area contributed by atoms with Crippen LogP contribution in [0.5, 0.6) is 5.75 Å². The number of pyridine rings is 2. The van der Waals surface area contributed by atoms with Crippen molar-refractivity contribution < 1.29 is 22.7 Å². The number of amides is 2. The van der Waals surface area contributed by atoms with E-state index >= 15 is 0 Å². The van der Waals surface area contributed by atoms with E-state index in [0.717, 1.165) is 49.2 Å². The molecule has 0 saturated carbocycles. The van der Waals surface area contributed by atoms with Gasteiger partial charge in [0, 0.05) is 63.4 Å². The minimum Gasteiger partial charge on any atom is -0.493 e. The van der Waals surface area contributed by atoms with Gasteiger partial charge in [-0.1, -0.05) is 12.1 Å². The summed E-state index contributed by atoms with van der Waals surface area (Å²) in [4.78, 5) is 22.8. The van der Waals surface area contributed by atoms with Crippen LogP contribution in [0.25, 0.3) is 11.1 Å². The Balaban J connectivity index is 1.22. The SMILES string of the molecule is O=C(NCc1cccnc1)Nc1ccc(OCCc2ccc(C(F)(F)F)cc2-c2ccnc(N3CCNCC3)c2)cc1. The summed E-state index contributed by atoms with van der Waals surface area (Å²) in [5.74, 6) is 1.32. The van der Waals surface area contributed by atoms with Gasteiger partial charge in [0.2, 0.25) is 0 Å². The van der Waals surface area contributed by atoms with Gasteiger partial charge >= 0.3 is 12.2 Å². The number of nitrogens with one attached hydrogen (secondary N) is 3. The molecule has 42 heavy (non-hydrogen) atoms. The zero-order valence-corrected chi connectivity index (χ0v) is 22.8. The second kappa shape index (κ2) is 13.3. The molecule has 0 unspecified atom stereocenters. The lowest BCUT2D eigenvalue weighted by Gasteiger charge is -2.28. The van der Waals surface area contributed by atoms with E-state index in [2.05, 4.69) is 30.8 Å². The molecule has 2 amide bonds. The summed E-state index contributed by atoms with van der Waals surface area (Å²) in [6.45, 7) is 3.83. The van der Waals surface area contributed by atoms with Crippen LogP contribution in [0.3, 0.4) is 0 Å². The van der Waals surface area contributed by atoms with E-state index in [-0.39, 0.29) is 12.6 Å². The smallest absolute Gasteiger partial charge is 0.416 e. The van der Waals surface area contributed by atoms with Crippen LogP contribution in [0.1, 0.15) is 16.7 Å². The number of hydrogen-bond acceptors (Lipinski definition) is 6. The number of anilines is 2. The van der Waals surface area contributed by atoms with Gasteiger partial charge in [0.1, 0.15) is 11.6 Å². The largest absolute Gasteiger partial charge is 0.493 e. The Bertz CT molecular complexity index is 1480. The summed E-state index contributed by atoms with van der Waals surface area (Å²) in [5.41, 5.74) is 2.70. The number of piperazine rings is 1. The molecule has 2 aromatic carbocycles. The number of hydrogen-bond donors (Lipinski definition) is 3. The summed E-state index contributed by atoms with van der Waals surface area (Å²) >= 11 is 0. The molecular formula is C31H31F3N6O2. The summed E-state index contributed by atoms with van der Waals surface area (Å²) < 4.78 is 46.7. The molecular weight excluding hydrogens is 545 g/mol. The number of halogens is 3. The highest BCUT2D eigenvalue weighted by atomic mass is 19.4. The van der Waals surface area contributed by atoms with Gasteiger partial charge in [0.25, 0.3) is 0 Å². The number of urea groups is 1. The third kappa shape index (κ3) is 7.76. The van der Waals surface area contributed by atoms with Crippen LogP contribution in [0.4, 0.5) is 29.5 Å². The molecule has 0 bridgehead atoms. The molecule has 1 fully saturated rings. The fourth-order valence-corrected chi connectivity index (χ4v) is 4.67. The summed E-state index contributed by atoms with van der Waals surface area (Å²) in [6, 6.07) is 17.6. The lowest BCUT2D eigenvalue weighted by atomic mass is 9.95. The van der Waals surface area contributed by atoms with Gasteiger partial charge in [-0.2, -0.15) is 13.2 Å². The van der Waals surface area contributed by atoms with Crippen LogP contribution in [0.15, 0.2) is 85.3 Å². The van der Waals surface area contributed by atoms with Crippen LogP contribution in [0, 0.1) is 0 Å². The van der Waals surface area contributed by atoms with Gasteiger partial charge < -0.3 is 25.6 Å². The van der Waals surface area contributed by atoms with Crippen molar-refractivity contribution in [3.05, 3.63) is 102 Å². The predicted octanol–water partition coefficient (Wildman–Crippen LogP) is 5.52. The van der Waals surface area contributed by atoms with E-state index in [9.17, 15) is 18.0 Å². The van der Waals surface area contributed by atoms with E-state index in [1.807, 2.05) is 12.1 Å². The van der Waals surface area contributed by atoms with Crippen molar-refractivity contribution in [3.63, 3.8) is 0 Å². The average molecular weight is 577 g/mol. The molecule has 1 aliphatic rings. The van der Waals surface area contributed by atoms with Crippen LogP contribution in [0.2, 0.25) is 0 Å². The topological polar surface area (TPSA) is 91.4 Å². The molecule has 5 rings (SSSR count). The van der Waals surface area contributed by atoms with Crippen molar-refractivity contribution in [1.82, 2.24) is 20.6 Å². The molecule has 0 aliphatic carbocycles. The number of aromatic nitrogens is 2. The number of carbonyl (C=O) groups excluding carboxylic acids is 1. The maximum Gasteiger partial charge on any atom is 0.416 e. The second-order valence-electron chi connectivity index (χ2n) is 9.80. The number of carbonyl (C=O) groups is 1. The number of ether oxygens (including phenoxy) is 1. The molecule has 11 heteroatoms. The zero-order chi connectivity index (χ0) is 29.4. The molecule has 0 spiro atoms. The van der Waals surface area contributed by atoms with Crippen LogP contribution < -0.4 is 25.6 Å². The van der Waals surface area contributed by atoms with Crippen molar-refractivity contribution in [2.45, 2.75) is 19.1 Å². The Morgan fingerprint density at radius 2 is 1.81 bits per heavy atom. The predicted molar refractivity (Wildman–Crippen MR) is 155 cm³/mol. The third-order valence-electron chi connectivity index (χ3n) is 6.86. The van der Waals surface area contributed by atoms with E-state index in [1.165, 1.54) is 12.1 Å². The second-order valence-corrected chi connectivity index (χ2v) is 9.80. The lowest BCUT2D eigenvalue weighted by Crippen LogP contribution is -2.43. The van der Waals surface area contributed by atoms with Gasteiger partial charge in [0.05, 0.1) is 12.2 Å². The fourth-order valence-electron chi connectivity index (χ4n) is 4.67. The minimum atomic E-state index is -4.45. The quantitative estimate of drug-likeness (QED) is 0.243. The third-order valence-corrected chi connectivity index (χ3v) is 6.86. The highest BCUT2D eigenvalue weighted by Crippen LogP contribution is 2.35. The lowest BCUT2D eigenvalue weighted by molar-refractivity contribution is -0.137. The molecule has 1 saturated heterocycles. The van der Waals surface area contributed by atoms with Crippen molar-refractivity contribution in [2.75, 3.05) is 43.0 Å². The Labute approximate surface area is 242 Å². The standard InChI is InChI=1S/C31H31F3N6O2/c32-31(33,34)25-4-3-23(28(19-25)24-9-12-37-29(18-24)40-15-13-35-14-16-40)10-17-42-27-7-5-26(6-8-27)39-30(41)38-21-22-2-1-11-36-20-22/h1-9,11-12,18-20,35H,10,13-17,21H2,(H2,38,39,41). The number of rotatable bonds is 9. The van der Waals surface area contributed by atoms with Gasteiger partial charge in [0.15, 0.2) is 0 Å². The van der Waals surface area contributed by atoms with Crippen LogP contribution >= 0.6 is 0 Å². The summed E-state index contributed by atoms with van der Waals surface area (Å²) in [6.07, 6.45) is 0.934. The molecule has 3 N–H and O–H groups in total. The molecule has 0 atom stereocenters. The molecule has 4 aromatic rings. The molecule has 0 radical (unpaired) electrons. The fraction of sp³-hybridized carbons (Fsp3) is 0.258.